The normalized spacial score (nSPS) is 18.0. The van der Waals surface area contributed by atoms with Crippen molar-refractivity contribution in [1.82, 2.24) is 0 Å². The Labute approximate surface area is 109 Å². The van der Waals surface area contributed by atoms with Gasteiger partial charge in [0.1, 0.15) is 0 Å². The summed E-state index contributed by atoms with van der Waals surface area (Å²) in [7, 11) is -4.27. The average Bonchev–Trinajstić information content (AvgIpc) is 2.63. The number of benzene rings is 1. The van der Waals surface area contributed by atoms with E-state index in [1.165, 1.54) is 24.3 Å². The second-order valence-electron chi connectivity index (χ2n) is 3.75. The van der Waals surface area contributed by atoms with Crippen LogP contribution in [0.1, 0.15) is 6.92 Å². The van der Waals surface area contributed by atoms with E-state index in [-0.39, 0.29) is 10.6 Å². The number of nitrogens with zero attached hydrogens (tertiary/aromatic N) is 3. The molecule has 8 nitrogen and oxygen atoms in total. The summed E-state index contributed by atoms with van der Waals surface area (Å²) in [6.45, 7) is 1.58. The van der Waals surface area contributed by atoms with Crippen LogP contribution in [0.15, 0.2) is 39.4 Å². The molecule has 0 aromatic heterocycles. The summed E-state index contributed by atoms with van der Waals surface area (Å²) in [5, 5.41) is 8.35. The van der Waals surface area contributed by atoms with Gasteiger partial charge >= 0.3 is 5.91 Å². The van der Waals surface area contributed by atoms with Crippen molar-refractivity contribution >= 4 is 33.1 Å². The summed E-state index contributed by atoms with van der Waals surface area (Å²) in [4.78, 5) is 11.6. The van der Waals surface area contributed by atoms with E-state index in [1.54, 1.807) is 6.92 Å². The average molecular weight is 282 g/mol. The van der Waals surface area contributed by atoms with Crippen molar-refractivity contribution in [3.05, 3.63) is 24.3 Å². The fourth-order valence-corrected chi connectivity index (χ4v) is 2.06. The predicted octanol–water partition coefficient (Wildman–Crippen LogP) is -0.0295. The van der Waals surface area contributed by atoms with E-state index in [2.05, 4.69) is 10.2 Å². The summed E-state index contributed by atoms with van der Waals surface area (Å²) in [5.74, 6) is 4.58. The lowest BCUT2D eigenvalue weighted by molar-refractivity contribution is -0.112. The Balaban J connectivity index is 2.38. The van der Waals surface area contributed by atoms with E-state index in [4.69, 9.17) is 10.4 Å². The standard InChI is InChI=1S/C10H10N4O4S/c1-6-9(12-11)10(15)14(13-6)7-2-4-8(5-3-7)19(16,17)18/h2-5H,11H2,1H3,(H,16,17,18)/b12-9-. The van der Waals surface area contributed by atoms with Crippen LogP contribution in [-0.4, -0.2) is 30.3 Å². The SMILES string of the molecule is CC1=NN(c2ccc(S(=O)(=O)O)cc2)C(=O)/C1=N\N. The molecule has 1 aromatic carbocycles. The lowest BCUT2D eigenvalue weighted by Gasteiger charge is -2.11. The van der Waals surface area contributed by atoms with Crippen LogP contribution in [0.4, 0.5) is 5.69 Å². The monoisotopic (exact) mass is 282 g/mol. The molecule has 0 aliphatic carbocycles. The van der Waals surface area contributed by atoms with E-state index in [1.807, 2.05) is 0 Å². The Morgan fingerprint density at radius 2 is 1.89 bits per heavy atom. The van der Waals surface area contributed by atoms with E-state index < -0.39 is 16.0 Å². The summed E-state index contributed by atoms with van der Waals surface area (Å²) in [6, 6.07) is 5.02. The van der Waals surface area contributed by atoms with Crippen LogP contribution in [0.5, 0.6) is 0 Å². The Morgan fingerprint density at radius 1 is 1.32 bits per heavy atom. The van der Waals surface area contributed by atoms with Crippen LogP contribution in [-0.2, 0) is 14.9 Å². The van der Waals surface area contributed by atoms with E-state index in [9.17, 15) is 13.2 Å². The summed E-state index contributed by atoms with van der Waals surface area (Å²) < 4.78 is 30.6. The highest BCUT2D eigenvalue weighted by atomic mass is 32.2. The molecule has 0 unspecified atom stereocenters. The van der Waals surface area contributed by atoms with Gasteiger partial charge in [0.2, 0.25) is 0 Å². The van der Waals surface area contributed by atoms with Gasteiger partial charge in [0.05, 0.1) is 16.3 Å². The van der Waals surface area contributed by atoms with Crippen LogP contribution < -0.4 is 10.9 Å². The molecule has 1 amide bonds. The largest absolute Gasteiger partial charge is 0.322 e. The Hall–Kier alpha value is -2.26. The molecule has 1 aliphatic heterocycles. The molecule has 9 heteroatoms. The lowest BCUT2D eigenvalue weighted by atomic mass is 10.2. The van der Waals surface area contributed by atoms with Crippen LogP contribution >= 0.6 is 0 Å². The van der Waals surface area contributed by atoms with Gasteiger partial charge in [-0.2, -0.15) is 23.6 Å². The molecule has 1 aromatic rings. The van der Waals surface area contributed by atoms with E-state index in [0.717, 1.165) is 5.01 Å². The zero-order valence-electron chi connectivity index (χ0n) is 9.81. The van der Waals surface area contributed by atoms with Gasteiger partial charge in [0, 0.05) is 0 Å². The van der Waals surface area contributed by atoms with Crippen molar-refractivity contribution < 1.29 is 17.8 Å². The van der Waals surface area contributed by atoms with Crippen LogP contribution in [0.3, 0.4) is 0 Å². The number of carbonyl (C=O) groups is 1. The van der Waals surface area contributed by atoms with E-state index >= 15 is 0 Å². The zero-order valence-corrected chi connectivity index (χ0v) is 10.6. The Kier molecular flexibility index (Phi) is 3.08. The number of hydrazone groups is 2. The van der Waals surface area contributed by atoms with Crippen molar-refractivity contribution in [2.75, 3.05) is 5.01 Å². The van der Waals surface area contributed by atoms with Gasteiger partial charge < -0.3 is 5.84 Å². The lowest BCUT2D eigenvalue weighted by Crippen LogP contribution is -2.28. The predicted molar refractivity (Wildman–Crippen MR) is 68.5 cm³/mol. The topological polar surface area (TPSA) is 125 Å². The first-order valence-corrected chi connectivity index (χ1v) is 6.54. The number of carbonyl (C=O) groups excluding carboxylic acids is 1. The van der Waals surface area contributed by atoms with Crippen LogP contribution in [0, 0.1) is 0 Å². The first-order chi connectivity index (χ1) is 8.84. The number of anilines is 1. The first kappa shape index (κ1) is 13.2. The second kappa shape index (κ2) is 4.44. The molecule has 0 fully saturated rings. The van der Waals surface area contributed by atoms with Crippen LogP contribution in [0.25, 0.3) is 0 Å². The number of amides is 1. The number of hydrogen-bond acceptors (Lipinski definition) is 6. The highest BCUT2D eigenvalue weighted by molar-refractivity contribution is 7.85. The first-order valence-electron chi connectivity index (χ1n) is 5.10. The molecule has 0 saturated heterocycles. The van der Waals surface area contributed by atoms with Gasteiger partial charge in [-0.25, -0.2) is 0 Å². The van der Waals surface area contributed by atoms with Gasteiger partial charge in [0.15, 0.2) is 5.71 Å². The highest BCUT2D eigenvalue weighted by Gasteiger charge is 2.30. The summed E-state index contributed by atoms with van der Waals surface area (Å²) in [6.07, 6.45) is 0. The third-order valence-corrected chi connectivity index (χ3v) is 3.36. The number of nitrogens with two attached hydrogens (primary N) is 1. The maximum atomic E-state index is 11.9. The van der Waals surface area contributed by atoms with Crippen molar-refractivity contribution in [3.8, 4) is 0 Å². The van der Waals surface area contributed by atoms with Gasteiger partial charge in [-0.15, -0.1) is 0 Å². The zero-order chi connectivity index (χ0) is 14.2. The highest BCUT2D eigenvalue weighted by Crippen LogP contribution is 2.21. The summed E-state index contributed by atoms with van der Waals surface area (Å²) >= 11 is 0. The Morgan fingerprint density at radius 3 is 2.32 bits per heavy atom. The maximum Gasteiger partial charge on any atom is 0.301 e. The second-order valence-corrected chi connectivity index (χ2v) is 5.17. The smallest absolute Gasteiger partial charge is 0.301 e. The van der Waals surface area contributed by atoms with E-state index in [0.29, 0.717) is 11.4 Å². The van der Waals surface area contributed by atoms with Crippen molar-refractivity contribution in [1.29, 1.82) is 0 Å². The third-order valence-electron chi connectivity index (χ3n) is 2.50. The summed E-state index contributed by atoms with van der Waals surface area (Å²) in [5.41, 5.74) is 0.751. The molecule has 0 saturated carbocycles. The molecule has 0 spiro atoms. The molecule has 1 heterocycles. The molecule has 100 valence electrons. The molecule has 3 N–H and O–H groups in total. The van der Waals surface area contributed by atoms with Crippen molar-refractivity contribution in [3.63, 3.8) is 0 Å². The number of rotatable bonds is 2. The van der Waals surface area contributed by atoms with Crippen LogP contribution in [0.2, 0.25) is 0 Å². The minimum Gasteiger partial charge on any atom is -0.322 e. The van der Waals surface area contributed by atoms with Crippen molar-refractivity contribution in [2.45, 2.75) is 11.8 Å². The third kappa shape index (κ3) is 2.33. The van der Waals surface area contributed by atoms with Gasteiger partial charge in [0.25, 0.3) is 10.1 Å². The fraction of sp³-hybridized carbons (Fsp3) is 0.100. The van der Waals surface area contributed by atoms with Gasteiger partial charge in [-0.1, -0.05) is 0 Å². The molecule has 0 atom stereocenters. The molecule has 0 radical (unpaired) electrons. The molecule has 0 bridgehead atoms. The molecular formula is C10H10N4O4S. The van der Waals surface area contributed by atoms with Gasteiger partial charge in [-0.05, 0) is 31.2 Å². The molecule has 19 heavy (non-hydrogen) atoms. The minimum atomic E-state index is -4.27. The van der Waals surface area contributed by atoms with Gasteiger partial charge in [-0.3, -0.25) is 9.35 Å². The fourth-order valence-electron chi connectivity index (χ4n) is 1.58. The molecular weight excluding hydrogens is 272 g/mol. The molecule has 1 aliphatic rings. The maximum absolute atomic E-state index is 11.9. The van der Waals surface area contributed by atoms with Crippen molar-refractivity contribution in [2.24, 2.45) is 16.0 Å². The molecule has 2 rings (SSSR count). The Bertz CT molecular complexity index is 691. The number of hydrogen-bond donors (Lipinski definition) is 2. The quantitative estimate of drug-likeness (QED) is 0.447. The minimum absolute atomic E-state index is 0.0406.